The van der Waals surface area contributed by atoms with Crippen molar-refractivity contribution in [3.8, 4) is 5.75 Å². The molecule has 0 atom stereocenters. The molecule has 0 fully saturated rings. The minimum atomic E-state index is 0.744. The molecule has 0 radical (unpaired) electrons. The molecule has 0 aliphatic rings. The number of hydrogen-bond donors (Lipinski definition) is 0. The predicted molar refractivity (Wildman–Crippen MR) is 79.8 cm³/mol. The molecule has 0 saturated carbocycles. The van der Waals surface area contributed by atoms with Gasteiger partial charge in [-0.1, -0.05) is 26.0 Å². The highest BCUT2D eigenvalue weighted by Gasteiger charge is 1.98. The zero-order valence-corrected chi connectivity index (χ0v) is 12.1. The smallest absolute Gasteiger partial charge is 0.145 e. The van der Waals surface area contributed by atoms with E-state index >= 15 is 0 Å². The van der Waals surface area contributed by atoms with Crippen molar-refractivity contribution >= 4 is 11.7 Å². The van der Waals surface area contributed by atoms with Crippen LogP contribution in [-0.4, -0.2) is 44.2 Å². The summed E-state index contributed by atoms with van der Waals surface area (Å²) in [6.45, 7) is 8.37. The Hall–Kier alpha value is -1.64. The minimum Gasteiger partial charge on any atom is -0.494 e. The molecule has 0 heterocycles. The van der Waals surface area contributed by atoms with Crippen LogP contribution in [0, 0.1) is 0 Å². The summed E-state index contributed by atoms with van der Waals surface area (Å²) in [5.74, 6) is 0.744. The SMILES string of the molecule is CCN(CC)CCCN=C=Nc1ccccc1OC. The van der Waals surface area contributed by atoms with Gasteiger partial charge < -0.3 is 9.64 Å². The van der Waals surface area contributed by atoms with Gasteiger partial charge in [-0.25, -0.2) is 4.99 Å². The Morgan fingerprint density at radius 1 is 1.21 bits per heavy atom. The van der Waals surface area contributed by atoms with Gasteiger partial charge in [0, 0.05) is 0 Å². The molecule has 0 aliphatic carbocycles. The number of para-hydroxylation sites is 2. The van der Waals surface area contributed by atoms with Crippen LogP contribution < -0.4 is 4.74 Å². The first-order chi connectivity index (χ1) is 9.31. The first-order valence-electron chi connectivity index (χ1n) is 6.79. The molecule has 0 amide bonds. The average Bonchev–Trinajstić information content (AvgIpc) is 2.47. The lowest BCUT2D eigenvalue weighted by Crippen LogP contribution is -2.24. The molecule has 0 bridgehead atoms. The summed E-state index contributed by atoms with van der Waals surface area (Å²) in [5, 5.41) is 0. The van der Waals surface area contributed by atoms with E-state index in [1.165, 1.54) is 0 Å². The van der Waals surface area contributed by atoms with Crippen LogP contribution in [0.15, 0.2) is 34.3 Å². The second-order valence-electron chi connectivity index (χ2n) is 4.15. The van der Waals surface area contributed by atoms with Crippen molar-refractivity contribution in [1.82, 2.24) is 4.90 Å². The molecular formula is C15H23N3O. The van der Waals surface area contributed by atoms with E-state index in [0.29, 0.717) is 0 Å². The maximum absolute atomic E-state index is 5.20. The molecule has 1 aromatic rings. The number of aliphatic imine (C=N–C) groups is 2. The lowest BCUT2D eigenvalue weighted by molar-refractivity contribution is 0.302. The number of benzene rings is 1. The molecule has 4 nitrogen and oxygen atoms in total. The standard InChI is InChI=1S/C15H23N3O/c1-4-18(5-2)12-8-11-16-13-17-14-9-6-7-10-15(14)19-3/h6-7,9-10H,4-5,8,11-12H2,1-3H3. The van der Waals surface area contributed by atoms with Gasteiger partial charge in [0.1, 0.15) is 11.4 Å². The Morgan fingerprint density at radius 3 is 2.63 bits per heavy atom. The van der Waals surface area contributed by atoms with E-state index in [9.17, 15) is 0 Å². The first kappa shape index (κ1) is 15.4. The Kier molecular flexibility index (Phi) is 7.56. The van der Waals surface area contributed by atoms with Crippen molar-refractivity contribution < 1.29 is 4.74 Å². The van der Waals surface area contributed by atoms with E-state index in [1.54, 1.807) is 7.11 Å². The van der Waals surface area contributed by atoms with E-state index in [4.69, 9.17) is 4.74 Å². The van der Waals surface area contributed by atoms with Gasteiger partial charge in [-0.05, 0) is 38.2 Å². The molecule has 0 unspecified atom stereocenters. The second-order valence-corrected chi connectivity index (χ2v) is 4.15. The molecule has 0 aliphatic heterocycles. The van der Waals surface area contributed by atoms with Gasteiger partial charge in [-0.15, -0.1) is 0 Å². The van der Waals surface area contributed by atoms with Gasteiger partial charge in [0.05, 0.1) is 19.7 Å². The van der Waals surface area contributed by atoms with E-state index < -0.39 is 0 Å². The number of hydrogen-bond acceptors (Lipinski definition) is 4. The molecule has 19 heavy (non-hydrogen) atoms. The van der Waals surface area contributed by atoms with Crippen LogP contribution in [0.2, 0.25) is 0 Å². The molecule has 1 rings (SSSR count). The van der Waals surface area contributed by atoms with Gasteiger partial charge in [0.25, 0.3) is 0 Å². The minimum absolute atomic E-state index is 0.744. The Balaban J connectivity index is 2.41. The molecule has 104 valence electrons. The summed E-state index contributed by atoms with van der Waals surface area (Å²) in [6.07, 6.45) is 1.04. The van der Waals surface area contributed by atoms with Crippen LogP contribution in [-0.2, 0) is 0 Å². The molecule has 4 heteroatoms. The highest BCUT2D eigenvalue weighted by molar-refractivity contribution is 5.59. The molecular weight excluding hydrogens is 238 g/mol. The highest BCUT2D eigenvalue weighted by Crippen LogP contribution is 2.25. The van der Waals surface area contributed by atoms with E-state index in [1.807, 2.05) is 24.3 Å². The van der Waals surface area contributed by atoms with Crippen LogP contribution in [0.1, 0.15) is 20.3 Å². The van der Waals surface area contributed by atoms with Gasteiger partial charge in [-0.3, -0.25) is 0 Å². The van der Waals surface area contributed by atoms with E-state index in [0.717, 1.165) is 44.0 Å². The van der Waals surface area contributed by atoms with Crippen molar-refractivity contribution in [3.05, 3.63) is 24.3 Å². The zero-order valence-electron chi connectivity index (χ0n) is 12.1. The third-order valence-electron chi connectivity index (χ3n) is 2.97. The fourth-order valence-electron chi connectivity index (χ4n) is 1.77. The Bertz CT molecular complexity index is 421. The quantitative estimate of drug-likeness (QED) is 0.532. The summed E-state index contributed by atoms with van der Waals surface area (Å²) >= 11 is 0. The highest BCUT2D eigenvalue weighted by atomic mass is 16.5. The lowest BCUT2D eigenvalue weighted by atomic mass is 10.3. The summed E-state index contributed by atoms with van der Waals surface area (Å²) in [4.78, 5) is 10.7. The third kappa shape index (κ3) is 5.69. The van der Waals surface area contributed by atoms with Gasteiger partial charge in [0.2, 0.25) is 0 Å². The van der Waals surface area contributed by atoms with Gasteiger partial charge >= 0.3 is 0 Å². The van der Waals surface area contributed by atoms with Gasteiger partial charge in [0.15, 0.2) is 0 Å². The van der Waals surface area contributed by atoms with Crippen LogP contribution in [0.4, 0.5) is 5.69 Å². The lowest BCUT2D eigenvalue weighted by Gasteiger charge is -2.16. The summed E-state index contributed by atoms with van der Waals surface area (Å²) < 4.78 is 5.20. The maximum Gasteiger partial charge on any atom is 0.145 e. The number of ether oxygens (including phenoxy) is 1. The van der Waals surface area contributed by atoms with Crippen molar-refractivity contribution in [3.63, 3.8) is 0 Å². The fraction of sp³-hybridized carbons (Fsp3) is 0.533. The monoisotopic (exact) mass is 261 g/mol. The van der Waals surface area contributed by atoms with Crippen LogP contribution in [0.5, 0.6) is 5.75 Å². The number of methoxy groups -OCH3 is 1. The third-order valence-corrected chi connectivity index (χ3v) is 2.97. The molecule has 1 aromatic carbocycles. The number of nitrogens with zero attached hydrogens (tertiary/aromatic N) is 3. The topological polar surface area (TPSA) is 37.2 Å². The van der Waals surface area contributed by atoms with E-state index in [-0.39, 0.29) is 0 Å². The van der Waals surface area contributed by atoms with Crippen LogP contribution in [0.3, 0.4) is 0 Å². The summed E-state index contributed by atoms with van der Waals surface area (Å²) in [7, 11) is 1.63. The van der Waals surface area contributed by atoms with Crippen LogP contribution >= 0.6 is 0 Å². The zero-order chi connectivity index (χ0) is 13.9. The Morgan fingerprint density at radius 2 is 1.95 bits per heavy atom. The molecule has 0 spiro atoms. The second kappa shape index (κ2) is 9.31. The number of rotatable bonds is 8. The van der Waals surface area contributed by atoms with Crippen molar-refractivity contribution in [2.24, 2.45) is 9.98 Å². The maximum atomic E-state index is 5.20. The molecule has 0 aromatic heterocycles. The van der Waals surface area contributed by atoms with Crippen molar-refractivity contribution in [2.45, 2.75) is 20.3 Å². The normalized spacial score (nSPS) is 10.1. The average molecular weight is 261 g/mol. The first-order valence-corrected chi connectivity index (χ1v) is 6.79. The fourth-order valence-corrected chi connectivity index (χ4v) is 1.77. The van der Waals surface area contributed by atoms with Crippen molar-refractivity contribution in [1.29, 1.82) is 0 Å². The Labute approximate surface area is 115 Å². The van der Waals surface area contributed by atoms with E-state index in [2.05, 4.69) is 34.7 Å². The predicted octanol–water partition coefficient (Wildman–Crippen LogP) is 3.23. The van der Waals surface area contributed by atoms with Crippen LogP contribution in [0.25, 0.3) is 0 Å². The molecule has 0 N–H and O–H groups in total. The largest absolute Gasteiger partial charge is 0.494 e. The molecule has 0 saturated heterocycles. The van der Waals surface area contributed by atoms with Gasteiger partial charge in [-0.2, -0.15) is 4.99 Å². The summed E-state index contributed by atoms with van der Waals surface area (Å²) in [6, 6.07) is 10.3. The van der Waals surface area contributed by atoms with Crippen molar-refractivity contribution in [2.75, 3.05) is 33.3 Å². The summed E-state index contributed by atoms with van der Waals surface area (Å²) in [5.41, 5.74) is 0.762.